The Kier molecular flexibility index (Phi) is 2.15. The van der Waals surface area contributed by atoms with Gasteiger partial charge in [0.25, 0.3) is 0 Å². The Morgan fingerprint density at radius 2 is 2.27 bits per heavy atom. The molecule has 64 valence electrons. The van der Waals surface area contributed by atoms with Gasteiger partial charge < -0.3 is 10.4 Å². The van der Waals surface area contributed by atoms with Crippen molar-refractivity contribution in [2.24, 2.45) is 0 Å². The third-order valence-corrected chi connectivity index (χ3v) is 1.78. The molecule has 1 rings (SSSR count). The molecule has 1 unspecified atom stereocenters. The molecule has 1 fully saturated rings. The number of carbonyl (C=O) groups is 1. The lowest BCUT2D eigenvalue weighted by Gasteiger charge is -2.35. The minimum absolute atomic E-state index is 0.110. The van der Waals surface area contributed by atoms with Crippen LogP contribution in [0.4, 0.5) is 0 Å². The molecule has 0 spiro atoms. The highest BCUT2D eigenvalue weighted by atomic mass is 16.4. The zero-order valence-corrected chi connectivity index (χ0v) is 6.85. The van der Waals surface area contributed by atoms with E-state index >= 15 is 0 Å². The molecule has 4 heteroatoms. The van der Waals surface area contributed by atoms with Crippen molar-refractivity contribution < 1.29 is 9.90 Å². The van der Waals surface area contributed by atoms with E-state index < -0.39 is 12.0 Å². The van der Waals surface area contributed by atoms with Crippen LogP contribution in [0, 0.1) is 0 Å². The van der Waals surface area contributed by atoms with E-state index in [1.54, 1.807) is 0 Å². The Balaban J connectivity index is 2.53. The number of carboxylic acid groups (broad SMARTS) is 1. The molecule has 0 bridgehead atoms. The summed E-state index contributed by atoms with van der Waals surface area (Å²) in [6, 6.07) is -0.446. The second kappa shape index (κ2) is 2.79. The Hall–Kier alpha value is -0.610. The Labute approximate surface area is 66.0 Å². The quantitative estimate of drug-likeness (QED) is 0.477. The van der Waals surface area contributed by atoms with Crippen LogP contribution in [0.1, 0.15) is 13.8 Å². The molecule has 0 aliphatic carbocycles. The Bertz CT molecular complexity index is 168. The van der Waals surface area contributed by atoms with Gasteiger partial charge in [0.2, 0.25) is 0 Å². The molecule has 0 radical (unpaired) electrons. The maximum Gasteiger partial charge on any atom is 0.322 e. The van der Waals surface area contributed by atoms with Crippen molar-refractivity contribution in [1.29, 1.82) is 0 Å². The molecular weight excluding hydrogens is 144 g/mol. The van der Waals surface area contributed by atoms with Crippen molar-refractivity contribution in [3.63, 3.8) is 0 Å². The molecule has 11 heavy (non-hydrogen) atoms. The van der Waals surface area contributed by atoms with Gasteiger partial charge in [-0.05, 0) is 13.8 Å². The summed E-state index contributed by atoms with van der Waals surface area (Å²) in [5.74, 6) is -0.787. The largest absolute Gasteiger partial charge is 0.480 e. The van der Waals surface area contributed by atoms with Gasteiger partial charge >= 0.3 is 5.97 Å². The molecule has 0 aromatic carbocycles. The first-order chi connectivity index (χ1) is 5.01. The number of piperazine rings is 1. The number of rotatable bonds is 1. The fraction of sp³-hybridized carbons (Fsp3) is 0.857. The van der Waals surface area contributed by atoms with Crippen LogP contribution in [0.15, 0.2) is 0 Å². The van der Waals surface area contributed by atoms with Crippen LogP contribution in [0.25, 0.3) is 0 Å². The fourth-order valence-corrected chi connectivity index (χ4v) is 1.25. The van der Waals surface area contributed by atoms with Gasteiger partial charge in [-0.25, -0.2) is 0 Å². The van der Waals surface area contributed by atoms with E-state index in [9.17, 15) is 4.79 Å². The molecular formula is C7H14N2O2. The van der Waals surface area contributed by atoms with Crippen molar-refractivity contribution in [2.45, 2.75) is 25.4 Å². The summed E-state index contributed by atoms with van der Waals surface area (Å²) in [4.78, 5) is 10.5. The SMILES string of the molecule is CC1(C)CNCC(C(=O)O)N1. The minimum Gasteiger partial charge on any atom is -0.480 e. The lowest BCUT2D eigenvalue weighted by molar-refractivity contribution is -0.140. The van der Waals surface area contributed by atoms with E-state index in [-0.39, 0.29) is 5.54 Å². The minimum atomic E-state index is -0.787. The average molecular weight is 158 g/mol. The van der Waals surface area contributed by atoms with Gasteiger partial charge in [-0.15, -0.1) is 0 Å². The Morgan fingerprint density at radius 3 is 2.64 bits per heavy atom. The van der Waals surface area contributed by atoms with Gasteiger partial charge in [0.1, 0.15) is 6.04 Å². The van der Waals surface area contributed by atoms with Gasteiger partial charge in [0, 0.05) is 18.6 Å². The Morgan fingerprint density at radius 1 is 1.64 bits per heavy atom. The standard InChI is InChI=1S/C7H14N2O2/c1-7(2)4-8-3-5(9-7)6(10)11/h5,8-9H,3-4H2,1-2H3,(H,10,11). The third kappa shape index (κ3) is 2.17. The van der Waals surface area contributed by atoms with E-state index in [1.165, 1.54) is 0 Å². The van der Waals surface area contributed by atoms with Crippen LogP contribution in [0.3, 0.4) is 0 Å². The first-order valence-corrected chi connectivity index (χ1v) is 3.72. The summed E-state index contributed by atoms with van der Waals surface area (Å²) in [6.07, 6.45) is 0. The van der Waals surface area contributed by atoms with Crippen molar-refractivity contribution in [3.8, 4) is 0 Å². The highest BCUT2D eigenvalue weighted by Gasteiger charge is 2.30. The lowest BCUT2D eigenvalue weighted by atomic mass is 10.0. The number of hydrogen-bond acceptors (Lipinski definition) is 3. The van der Waals surface area contributed by atoms with E-state index in [0.717, 1.165) is 6.54 Å². The summed E-state index contributed by atoms with van der Waals surface area (Å²) < 4.78 is 0. The predicted octanol–water partition coefficient (Wildman–Crippen LogP) is -0.589. The first kappa shape index (κ1) is 8.49. The molecule has 1 heterocycles. The van der Waals surface area contributed by atoms with Crippen molar-refractivity contribution in [1.82, 2.24) is 10.6 Å². The summed E-state index contributed by atoms with van der Waals surface area (Å²) >= 11 is 0. The normalized spacial score (nSPS) is 29.8. The summed E-state index contributed by atoms with van der Waals surface area (Å²) in [7, 11) is 0. The fourth-order valence-electron chi connectivity index (χ4n) is 1.25. The molecule has 4 nitrogen and oxygen atoms in total. The van der Waals surface area contributed by atoms with Gasteiger partial charge in [-0.2, -0.15) is 0 Å². The molecule has 0 saturated carbocycles. The summed E-state index contributed by atoms with van der Waals surface area (Å²) in [6.45, 7) is 5.29. The van der Waals surface area contributed by atoms with Crippen LogP contribution in [0.5, 0.6) is 0 Å². The first-order valence-electron chi connectivity index (χ1n) is 3.72. The zero-order valence-electron chi connectivity index (χ0n) is 6.85. The maximum absolute atomic E-state index is 10.5. The predicted molar refractivity (Wildman–Crippen MR) is 41.5 cm³/mol. The van der Waals surface area contributed by atoms with Crippen molar-refractivity contribution in [2.75, 3.05) is 13.1 Å². The molecule has 1 aliphatic rings. The number of hydrogen-bond donors (Lipinski definition) is 3. The van der Waals surface area contributed by atoms with E-state index in [4.69, 9.17) is 5.11 Å². The molecule has 1 saturated heterocycles. The van der Waals surface area contributed by atoms with E-state index in [2.05, 4.69) is 10.6 Å². The maximum atomic E-state index is 10.5. The van der Waals surface area contributed by atoms with E-state index in [0.29, 0.717) is 6.54 Å². The van der Waals surface area contributed by atoms with Gasteiger partial charge in [0.05, 0.1) is 0 Å². The van der Waals surface area contributed by atoms with Crippen molar-refractivity contribution in [3.05, 3.63) is 0 Å². The highest BCUT2D eigenvalue weighted by Crippen LogP contribution is 2.06. The van der Waals surface area contributed by atoms with Gasteiger partial charge in [-0.3, -0.25) is 10.1 Å². The van der Waals surface area contributed by atoms with Crippen LogP contribution in [0.2, 0.25) is 0 Å². The molecule has 0 amide bonds. The second-order valence-corrected chi connectivity index (χ2v) is 3.55. The summed E-state index contributed by atoms with van der Waals surface area (Å²) in [5.41, 5.74) is -0.110. The van der Waals surface area contributed by atoms with Crippen LogP contribution in [-0.4, -0.2) is 35.7 Å². The topological polar surface area (TPSA) is 61.4 Å². The third-order valence-electron chi connectivity index (χ3n) is 1.78. The molecule has 1 aliphatic heterocycles. The van der Waals surface area contributed by atoms with E-state index in [1.807, 2.05) is 13.8 Å². The molecule has 0 aromatic rings. The number of carboxylic acids is 1. The number of aliphatic carboxylic acids is 1. The molecule has 1 atom stereocenters. The lowest BCUT2D eigenvalue weighted by Crippen LogP contribution is -2.63. The van der Waals surface area contributed by atoms with Crippen LogP contribution < -0.4 is 10.6 Å². The molecule has 3 N–H and O–H groups in total. The van der Waals surface area contributed by atoms with Crippen LogP contribution in [-0.2, 0) is 4.79 Å². The second-order valence-electron chi connectivity index (χ2n) is 3.55. The van der Waals surface area contributed by atoms with Gasteiger partial charge in [-0.1, -0.05) is 0 Å². The van der Waals surface area contributed by atoms with Gasteiger partial charge in [0.15, 0.2) is 0 Å². The average Bonchev–Trinajstić information content (AvgIpc) is 1.85. The number of nitrogens with one attached hydrogen (secondary N) is 2. The molecule has 0 aromatic heterocycles. The monoisotopic (exact) mass is 158 g/mol. The zero-order chi connectivity index (χ0) is 8.48. The van der Waals surface area contributed by atoms with Crippen LogP contribution >= 0.6 is 0 Å². The smallest absolute Gasteiger partial charge is 0.322 e. The highest BCUT2D eigenvalue weighted by molar-refractivity contribution is 5.74. The summed E-state index contributed by atoms with van der Waals surface area (Å²) in [5, 5.41) is 14.8. The van der Waals surface area contributed by atoms with Crippen molar-refractivity contribution >= 4 is 5.97 Å².